The highest BCUT2D eigenvalue weighted by atomic mass is 32.2. The molecule has 0 aliphatic rings. The van der Waals surface area contributed by atoms with Crippen LogP contribution < -0.4 is 0 Å². The minimum atomic E-state index is -2.58. The average Bonchev–Trinajstić information content (AvgIpc) is 2.17. The molecular formula is C8H8NO5S-. The molecule has 82 valence electrons. The molecule has 1 unspecified atom stereocenters. The Balaban J connectivity index is 2.67. The molecule has 0 saturated heterocycles. The van der Waals surface area contributed by atoms with E-state index in [1.165, 1.54) is 6.07 Å². The number of nitro groups is 1. The number of nitro benzene ring substituents is 1. The fourth-order valence-corrected chi connectivity index (χ4v) is 1.34. The highest BCUT2D eigenvalue weighted by Crippen LogP contribution is 2.17. The highest BCUT2D eigenvalue weighted by Gasteiger charge is 2.11. The third kappa shape index (κ3) is 3.74. The SMILES string of the molecule is O=[N+]([O-])c1ccccc1CCOS(=O)[O-]. The van der Waals surface area contributed by atoms with Gasteiger partial charge in [0.2, 0.25) is 0 Å². The quantitative estimate of drug-likeness (QED) is 0.426. The van der Waals surface area contributed by atoms with Gasteiger partial charge in [-0.1, -0.05) is 18.2 Å². The van der Waals surface area contributed by atoms with Crippen LogP contribution in [0.25, 0.3) is 0 Å². The summed E-state index contributed by atoms with van der Waals surface area (Å²) in [6.45, 7) is -0.0963. The normalized spacial score (nSPS) is 12.3. The van der Waals surface area contributed by atoms with Crippen molar-refractivity contribution in [2.75, 3.05) is 6.61 Å². The Morgan fingerprint density at radius 1 is 1.40 bits per heavy atom. The van der Waals surface area contributed by atoms with Crippen LogP contribution in [0.2, 0.25) is 0 Å². The lowest BCUT2D eigenvalue weighted by Crippen LogP contribution is -2.03. The van der Waals surface area contributed by atoms with Gasteiger partial charge in [-0.05, 0) is 0 Å². The third-order valence-corrected chi connectivity index (χ3v) is 2.10. The average molecular weight is 230 g/mol. The van der Waals surface area contributed by atoms with Crippen molar-refractivity contribution >= 4 is 17.0 Å². The van der Waals surface area contributed by atoms with Crippen LogP contribution in [0.15, 0.2) is 24.3 Å². The van der Waals surface area contributed by atoms with Crippen LogP contribution in [0.3, 0.4) is 0 Å². The van der Waals surface area contributed by atoms with Gasteiger partial charge in [0.1, 0.15) is 0 Å². The molecule has 1 aromatic rings. The van der Waals surface area contributed by atoms with Gasteiger partial charge in [-0.15, -0.1) is 0 Å². The predicted octanol–water partition coefficient (Wildman–Crippen LogP) is 0.948. The molecular weight excluding hydrogens is 222 g/mol. The maximum absolute atomic E-state index is 10.6. The summed E-state index contributed by atoms with van der Waals surface area (Å²) in [5.41, 5.74) is 0.422. The van der Waals surface area contributed by atoms with Crippen molar-refractivity contribution in [3.05, 3.63) is 39.9 Å². The molecule has 0 fully saturated rings. The first-order valence-electron chi connectivity index (χ1n) is 4.06. The highest BCUT2D eigenvalue weighted by molar-refractivity contribution is 7.74. The number of benzene rings is 1. The molecule has 0 aromatic heterocycles. The van der Waals surface area contributed by atoms with Crippen molar-refractivity contribution < 1.29 is 17.9 Å². The topological polar surface area (TPSA) is 92.5 Å². The second kappa shape index (κ2) is 5.54. The van der Waals surface area contributed by atoms with Crippen molar-refractivity contribution in [1.29, 1.82) is 0 Å². The van der Waals surface area contributed by atoms with Crippen LogP contribution >= 0.6 is 0 Å². The number of para-hydroxylation sites is 1. The van der Waals surface area contributed by atoms with Gasteiger partial charge in [0.25, 0.3) is 5.69 Å². The molecule has 0 bridgehead atoms. The van der Waals surface area contributed by atoms with E-state index < -0.39 is 16.3 Å². The molecule has 7 heteroatoms. The van der Waals surface area contributed by atoms with Crippen LogP contribution in [-0.4, -0.2) is 20.3 Å². The summed E-state index contributed by atoms with van der Waals surface area (Å²) < 4.78 is 24.4. The van der Waals surface area contributed by atoms with E-state index in [0.717, 1.165) is 0 Å². The lowest BCUT2D eigenvalue weighted by molar-refractivity contribution is -0.385. The smallest absolute Gasteiger partial charge is 0.272 e. The fraction of sp³-hybridized carbons (Fsp3) is 0.250. The summed E-state index contributed by atoms with van der Waals surface area (Å²) in [6.07, 6.45) is 0.186. The molecule has 0 aliphatic heterocycles. The largest absolute Gasteiger partial charge is 0.750 e. The second-order valence-electron chi connectivity index (χ2n) is 2.66. The minimum Gasteiger partial charge on any atom is -0.750 e. The van der Waals surface area contributed by atoms with E-state index in [4.69, 9.17) is 0 Å². The van der Waals surface area contributed by atoms with E-state index in [9.17, 15) is 18.9 Å². The molecule has 0 radical (unpaired) electrons. The minimum absolute atomic E-state index is 0.0298. The molecule has 1 rings (SSSR count). The Morgan fingerprint density at radius 2 is 2.07 bits per heavy atom. The molecule has 0 amide bonds. The number of hydrogen-bond acceptors (Lipinski definition) is 5. The Kier molecular flexibility index (Phi) is 4.35. The van der Waals surface area contributed by atoms with E-state index in [0.29, 0.717) is 5.56 Å². The summed E-state index contributed by atoms with van der Waals surface area (Å²) in [5.74, 6) is 0. The first-order valence-corrected chi connectivity index (χ1v) is 5.06. The van der Waals surface area contributed by atoms with Crippen molar-refractivity contribution in [1.82, 2.24) is 0 Å². The van der Waals surface area contributed by atoms with Crippen LogP contribution in [0.1, 0.15) is 5.56 Å². The summed E-state index contributed by atoms with van der Waals surface area (Å²) in [5, 5.41) is 10.6. The van der Waals surface area contributed by atoms with E-state index in [1.54, 1.807) is 18.2 Å². The second-order valence-corrected chi connectivity index (χ2v) is 3.31. The summed E-state index contributed by atoms with van der Waals surface area (Å²) in [4.78, 5) is 10.1. The van der Waals surface area contributed by atoms with Crippen LogP contribution in [0.4, 0.5) is 5.69 Å². The van der Waals surface area contributed by atoms with Gasteiger partial charge in [-0.25, -0.2) is 4.21 Å². The van der Waals surface area contributed by atoms with Gasteiger partial charge < -0.3 is 8.74 Å². The van der Waals surface area contributed by atoms with Gasteiger partial charge in [0.05, 0.1) is 22.9 Å². The lowest BCUT2D eigenvalue weighted by atomic mass is 10.1. The van der Waals surface area contributed by atoms with Crippen LogP contribution in [-0.2, 0) is 22.0 Å². The molecule has 15 heavy (non-hydrogen) atoms. The predicted molar refractivity (Wildman–Crippen MR) is 51.7 cm³/mol. The van der Waals surface area contributed by atoms with Crippen LogP contribution in [0.5, 0.6) is 0 Å². The zero-order valence-electron chi connectivity index (χ0n) is 7.62. The third-order valence-electron chi connectivity index (χ3n) is 1.74. The Labute approximate surface area is 88.5 Å². The summed E-state index contributed by atoms with van der Waals surface area (Å²) in [7, 11) is 0. The maximum atomic E-state index is 10.6. The molecule has 1 atom stereocenters. The number of nitrogens with zero attached hydrogens (tertiary/aromatic N) is 1. The van der Waals surface area contributed by atoms with Crippen molar-refractivity contribution in [2.45, 2.75) is 6.42 Å². The van der Waals surface area contributed by atoms with E-state index in [2.05, 4.69) is 4.18 Å². The van der Waals surface area contributed by atoms with Crippen molar-refractivity contribution in [3.8, 4) is 0 Å². The summed E-state index contributed by atoms with van der Waals surface area (Å²) in [6, 6.07) is 6.13. The number of hydrogen-bond donors (Lipinski definition) is 0. The van der Waals surface area contributed by atoms with E-state index >= 15 is 0 Å². The Hall–Kier alpha value is -1.31. The van der Waals surface area contributed by atoms with Gasteiger partial charge >= 0.3 is 0 Å². The van der Waals surface area contributed by atoms with Crippen molar-refractivity contribution in [2.24, 2.45) is 0 Å². The molecule has 0 spiro atoms. The fourth-order valence-electron chi connectivity index (χ4n) is 1.12. The molecule has 0 N–H and O–H groups in total. The molecule has 0 heterocycles. The van der Waals surface area contributed by atoms with E-state index in [-0.39, 0.29) is 18.7 Å². The Bertz CT molecular complexity index is 381. The van der Waals surface area contributed by atoms with Crippen molar-refractivity contribution in [3.63, 3.8) is 0 Å². The standard InChI is InChI=1S/C8H9NO5S/c10-9(11)8-4-2-1-3-7(8)5-6-14-15(12)13/h1-4H,5-6H2,(H,12,13)/p-1. The summed E-state index contributed by atoms with van der Waals surface area (Å²) >= 11 is -2.58. The lowest BCUT2D eigenvalue weighted by Gasteiger charge is -2.05. The molecule has 6 nitrogen and oxygen atoms in total. The zero-order valence-corrected chi connectivity index (χ0v) is 8.44. The van der Waals surface area contributed by atoms with E-state index in [1.807, 2.05) is 0 Å². The van der Waals surface area contributed by atoms with Gasteiger partial charge in [-0.2, -0.15) is 0 Å². The first-order chi connectivity index (χ1) is 7.11. The number of rotatable bonds is 5. The molecule has 0 aliphatic carbocycles. The Morgan fingerprint density at radius 3 is 2.67 bits per heavy atom. The first kappa shape index (κ1) is 11.8. The van der Waals surface area contributed by atoms with Gasteiger partial charge in [0.15, 0.2) is 0 Å². The molecule has 1 aromatic carbocycles. The molecule has 0 saturated carbocycles. The van der Waals surface area contributed by atoms with Crippen LogP contribution in [0, 0.1) is 10.1 Å². The monoisotopic (exact) mass is 230 g/mol. The van der Waals surface area contributed by atoms with Gasteiger partial charge in [0, 0.05) is 18.1 Å². The zero-order chi connectivity index (χ0) is 11.3. The van der Waals surface area contributed by atoms with Gasteiger partial charge in [-0.3, -0.25) is 10.1 Å². The maximum Gasteiger partial charge on any atom is 0.272 e.